The molecule has 1 heterocycles. The SMILES string of the molecule is COc1cc(C(C)N)cc(NC(=O)CC2CC2)n1. The summed E-state index contributed by atoms with van der Waals surface area (Å²) >= 11 is 0. The highest BCUT2D eigenvalue weighted by Crippen LogP contribution is 2.32. The molecule has 0 aromatic carbocycles. The Kier molecular flexibility index (Phi) is 3.81. The van der Waals surface area contributed by atoms with E-state index in [1.165, 1.54) is 0 Å². The minimum atomic E-state index is -0.124. The quantitative estimate of drug-likeness (QED) is 0.834. The van der Waals surface area contributed by atoms with Crippen molar-refractivity contribution in [3.8, 4) is 5.88 Å². The molecule has 1 unspecified atom stereocenters. The van der Waals surface area contributed by atoms with Gasteiger partial charge in [-0.25, -0.2) is 0 Å². The summed E-state index contributed by atoms with van der Waals surface area (Å²) in [5.41, 5.74) is 6.72. The van der Waals surface area contributed by atoms with E-state index < -0.39 is 0 Å². The summed E-state index contributed by atoms with van der Waals surface area (Å²) in [5.74, 6) is 1.54. The number of anilines is 1. The minimum absolute atomic E-state index is 0.00822. The van der Waals surface area contributed by atoms with Crippen LogP contribution in [0.1, 0.15) is 37.8 Å². The molecule has 1 saturated carbocycles. The first kappa shape index (κ1) is 12.8. The molecule has 1 aromatic heterocycles. The molecule has 1 amide bonds. The molecule has 0 bridgehead atoms. The van der Waals surface area contributed by atoms with Crippen molar-refractivity contribution < 1.29 is 9.53 Å². The van der Waals surface area contributed by atoms with Crippen LogP contribution < -0.4 is 15.8 Å². The molecular formula is C13H19N3O2. The first-order chi connectivity index (χ1) is 8.58. The first-order valence-electron chi connectivity index (χ1n) is 6.20. The molecule has 0 radical (unpaired) electrons. The highest BCUT2D eigenvalue weighted by atomic mass is 16.5. The molecular weight excluding hydrogens is 230 g/mol. The number of nitrogens with zero attached hydrogens (tertiary/aromatic N) is 1. The lowest BCUT2D eigenvalue weighted by Crippen LogP contribution is -2.14. The van der Waals surface area contributed by atoms with Gasteiger partial charge >= 0.3 is 0 Å². The third kappa shape index (κ3) is 3.43. The van der Waals surface area contributed by atoms with Gasteiger partial charge in [-0.3, -0.25) is 4.79 Å². The van der Waals surface area contributed by atoms with Crippen molar-refractivity contribution in [2.24, 2.45) is 11.7 Å². The predicted octanol–water partition coefficient (Wildman–Crippen LogP) is 1.85. The Labute approximate surface area is 107 Å². The van der Waals surface area contributed by atoms with Crippen molar-refractivity contribution in [1.82, 2.24) is 4.98 Å². The van der Waals surface area contributed by atoms with Crippen LogP contribution >= 0.6 is 0 Å². The summed E-state index contributed by atoms with van der Waals surface area (Å²) in [6.07, 6.45) is 2.89. The van der Waals surface area contributed by atoms with Gasteiger partial charge in [-0.2, -0.15) is 4.98 Å². The summed E-state index contributed by atoms with van der Waals surface area (Å²) < 4.78 is 5.10. The zero-order chi connectivity index (χ0) is 13.1. The van der Waals surface area contributed by atoms with Gasteiger partial charge in [-0.15, -0.1) is 0 Å². The maximum absolute atomic E-state index is 11.7. The smallest absolute Gasteiger partial charge is 0.225 e. The Bertz CT molecular complexity index is 442. The van der Waals surface area contributed by atoms with Crippen LogP contribution in [0.3, 0.4) is 0 Å². The van der Waals surface area contributed by atoms with E-state index in [0.717, 1.165) is 18.4 Å². The van der Waals surface area contributed by atoms with E-state index in [9.17, 15) is 4.79 Å². The van der Waals surface area contributed by atoms with Crippen LogP contribution in [0.5, 0.6) is 5.88 Å². The Morgan fingerprint density at radius 2 is 2.33 bits per heavy atom. The number of aromatic nitrogens is 1. The summed E-state index contributed by atoms with van der Waals surface area (Å²) in [6.45, 7) is 1.88. The van der Waals surface area contributed by atoms with E-state index in [0.29, 0.717) is 24.0 Å². The zero-order valence-electron chi connectivity index (χ0n) is 10.8. The van der Waals surface area contributed by atoms with Crippen molar-refractivity contribution in [2.45, 2.75) is 32.2 Å². The Balaban J connectivity index is 2.09. The fourth-order valence-corrected chi connectivity index (χ4v) is 1.73. The molecule has 0 saturated heterocycles. The van der Waals surface area contributed by atoms with Crippen LogP contribution in [-0.2, 0) is 4.79 Å². The molecule has 98 valence electrons. The van der Waals surface area contributed by atoms with E-state index in [1.54, 1.807) is 19.2 Å². The number of rotatable bonds is 5. The molecule has 1 fully saturated rings. The fourth-order valence-electron chi connectivity index (χ4n) is 1.73. The highest BCUT2D eigenvalue weighted by Gasteiger charge is 2.24. The topological polar surface area (TPSA) is 77.2 Å². The van der Waals surface area contributed by atoms with Gasteiger partial charge < -0.3 is 15.8 Å². The molecule has 5 nitrogen and oxygen atoms in total. The van der Waals surface area contributed by atoms with Gasteiger partial charge in [0.1, 0.15) is 5.82 Å². The average molecular weight is 249 g/mol. The van der Waals surface area contributed by atoms with Crippen molar-refractivity contribution in [1.29, 1.82) is 0 Å². The van der Waals surface area contributed by atoms with E-state index in [4.69, 9.17) is 10.5 Å². The standard InChI is InChI=1S/C13H19N3O2/c1-8(14)10-6-11(16-13(7-10)18-2)15-12(17)5-9-3-4-9/h6-9H,3-5,14H2,1-2H3,(H,15,16,17). The number of nitrogens with one attached hydrogen (secondary N) is 1. The molecule has 1 aliphatic carbocycles. The lowest BCUT2D eigenvalue weighted by molar-refractivity contribution is -0.116. The van der Waals surface area contributed by atoms with Gasteiger partial charge in [-0.05, 0) is 37.3 Å². The van der Waals surface area contributed by atoms with E-state index in [-0.39, 0.29) is 11.9 Å². The van der Waals surface area contributed by atoms with Gasteiger partial charge in [0.25, 0.3) is 0 Å². The maximum atomic E-state index is 11.7. The molecule has 5 heteroatoms. The number of carbonyl (C=O) groups excluding carboxylic acids is 1. The first-order valence-corrected chi connectivity index (χ1v) is 6.20. The maximum Gasteiger partial charge on any atom is 0.225 e. The number of carbonyl (C=O) groups is 1. The normalized spacial score (nSPS) is 16.2. The van der Waals surface area contributed by atoms with Crippen LogP contribution in [0.15, 0.2) is 12.1 Å². The molecule has 0 spiro atoms. The van der Waals surface area contributed by atoms with Crippen molar-refractivity contribution in [3.63, 3.8) is 0 Å². The molecule has 1 aliphatic rings. The Hall–Kier alpha value is -1.62. The number of hydrogen-bond acceptors (Lipinski definition) is 4. The molecule has 1 aromatic rings. The van der Waals surface area contributed by atoms with Gasteiger partial charge in [0.15, 0.2) is 0 Å². The van der Waals surface area contributed by atoms with Crippen LogP contribution in [-0.4, -0.2) is 18.0 Å². The summed E-state index contributed by atoms with van der Waals surface area (Å²) in [4.78, 5) is 15.9. The van der Waals surface area contributed by atoms with Gasteiger partial charge in [0, 0.05) is 18.5 Å². The van der Waals surface area contributed by atoms with Crippen molar-refractivity contribution >= 4 is 11.7 Å². The molecule has 1 atom stereocenters. The summed E-state index contributed by atoms with van der Waals surface area (Å²) in [6, 6.07) is 3.44. The van der Waals surface area contributed by atoms with Crippen LogP contribution in [0.25, 0.3) is 0 Å². The third-order valence-electron chi connectivity index (χ3n) is 3.00. The third-order valence-corrected chi connectivity index (χ3v) is 3.00. The van der Waals surface area contributed by atoms with E-state index >= 15 is 0 Å². The number of ether oxygens (including phenoxy) is 1. The fraction of sp³-hybridized carbons (Fsp3) is 0.538. The van der Waals surface area contributed by atoms with Crippen molar-refractivity contribution in [3.05, 3.63) is 17.7 Å². The predicted molar refractivity (Wildman–Crippen MR) is 69.4 cm³/mol. The second kappa shape index (κ2) is 5.35. The van der Waals surface area contributed by atoms with Gasteiger partial charge in [-0.1, -0.05) is 0 Å². The number of pyridine rings is 1. The molecule has 18 heavy (non-hydrogen) atoms. The molecule has 2 rings (SSSR count). The molecule has 0 aliphatic heterocycles. The Morgan fingerprint density at radius 1 is 1.61 bits per heavy atom. The number of methoxy groups -OCH3 is 1. The minimum Gasteiger partial charge on any atom is -0.481 e. The summed E-state index contributed by atoms with van der Waals surface area (Å²) in [7, 11) is 1.54. The average Bonchev–Trinajstić information content (AvgIpc) is 3.12. The number of nitrogens with two attached hydrogens (primary N) is 1. The largest absolute Gasteiger partial charge is 0.481 e. The van der Waals surface area contributed by atoms with Crippen LogP contribution in [0, 0.1) is 5.92 Å². The van der Waals surface area contributed by atoms with Crippen LogP contribution in [0.2, 0.25) is 0 Å². The number of amides is 1. The van der Waals surface area contributed by atoms with Crippen LogP contribution in [0.4, 0.5) is 5.82 Å². The van der Waals surface area contributed by atoms with Gasteiger partial charge in [0.2, 0.25) is 11.8 Å². The van der Waals surface area contributed by atoms with E-state index in [2.05, 4.69) is 10.3 Å². The lowest BCUT2D eigenvalue weighted by atomic mass is 10.1. The number of hydrogen-bond donors (Lipinski definition) is 2. The highest BCUT2D eigenvalue weighted by molar-refractivity contribution is 5.90. The Morgan fingerprint density at radius 3 is 2.89 bits per heavy atom. The monoisotopic (exact) mass is 249 g/mol. The van der Waals surface area contributed by atoms with Crippen molar-refractivity contribution in [2.75, 3.05) is 12.4 Å². The second-order valence-corrected chi connectivity index (χ2v) is 4.81. The lowest BCUT2D eigenvalue weighted by Gasteiger charge is -2.11. The zero-order valence-corrected chi connectivity index (χ0v) is 10.8. The summed E-state index contributed by atoms with van der Waals surface area (Å²) in [5, 5.41) is 2.80. The molecule has 3 N–H and O–H groups in total. The second-order valence-electron chi connectivity index (χ2n) is 4.81. The van der Waals surface area contributed by atoms with E-state index in [1.807, 2.05) is 6.92 Å². The van der Waals surface area contributed by atoms with Gasteiger partial charge in [0.05, 0.1) is 7.11 Å².